The molecule has 59 valence electrons. The quantitative estimate of drug-likeness (QED) is 0.621. The second-order valence-electron chi connectivity index (χ2n) is 2.52. The standard InChI is InChI=1S/C10H12F/c1-2-6-10(11)9-7-4-3-5-8-9/h2-5,7-8,10H,6H2,1H3. The zero-order valence-electron chi connectivity index (χ0n) is 6.63. The Morgan fingerprint density at radius 1 is 1.36 bits per heavy atom. The number of rotatable bonds is 3. The van der Waals surface area contributed by atoms with Crippen LogP contribution in [0.1, 0.15) is 25.1 Å². The smallest absolute Gasteiger partial charge is 0.125 e. The minimum absolute atomic E-state index is 0.504. The molecular weight excluding hydrogens is 139 g/mol. The summed E-state index contributed by atoms with van der Waals surface area (Å²) in [6.07, 6.45) is 1.52. The van der Waals surface area contributed by atoms with Crippen LogP contribution < -0.4 is 0 Å². The van der Waals surface area contributed by atoms with Gasteiger partial charge in [0, 0.05) is 0 Å². The van der Waals surface area contributed by atoms with Gasteiger partial charge in [-0.2, -0.15) is 0 Å². The molecule has 0 N–H and O–H groups in total. The summed E-state index contributed by atoms with van der Waals surface area (Å²) in [6.45, 7) is 1.87. The Bertz CT molecular complexity index is 193. The first-order valence-corrected chi connectivity index (χ1v) is 3.81. The van der Waals surface area contributed by atoms with Crippen molar-refractivity contribution in [1.82, 2.24) is 0 Å². The number of halogens is 1. The molecular formula is C10H12F. The Kier molecular flexibility index (Phi) is 3.09. The molecule has 11 heavy (non-hydrogen) atoms. The Labute approximate surface area is 67.1 Å². The normalized spacial score (nSPS) is 12.9. The largest absolute Gasteiger partial charge is 0.242 e. The van der Waals surface area contributed by atoms with E-state index in [1.54, 1.807) is 0 Å². The molecule has 1 rings (SSSR count). The van der Waals surface area contributed by atoms with E-state index in [2.05, 4.69) is 0 Å². The Morgan fingerprint density at radius 2 is 2.00 bits per heavy atom. The molecule has 0 nitrogen and oxygen atoms in total. The molecule has 0 aliphatic carbocycles. The van der Waals surface area contributed by atoms with E-state index in [0.717, 1.165) is 5.56 Å². The topological polar surface area (TPSA) is 0 Å². The van der Waals surface area contributed by atoms with Gasteiger partial charge >= 0.3 is 0 Å². The van der Waals surface area contributed by atoms with Crippen molar-refractivity contribution in [1.29, 1.82) is 0 Å². The van der Waals surface area contributed by atoms with E-state index in [-0.39, 0.29) is 0 Å². The van der Waals surface area contributed by atoms with Crippen molar-refractivity contribution in [2.75, 3.05) is 0 Å². The Morgan fingerprint density at radius 3 is 2.55 bits per heavy atom. The van der Waals surface area contributed by atoms with Crippen molar-refractivity contribution in [2.24, 2.45) is 0 Å². The highest BCUT2D eigenvalue weighted by atomic mass is 19.1. The summed E-state index contributed by atoms with van der Waals surface area (Å²) in [4.78, 5) is 0. The number of hydrogen-bond acceptors (Lipinski definition) is 0. The first-order valence-electron chi connectivity index (χ1n) is 3.81. The lowest BCUT2D eigenvalue weighted by atomic mass is 10.1. The van der Waals surface area contributed by atoms with E-state index >= 15 is 0 Å². The van der Waals surface area contributed by atoms with Crippen molar-refractivity contribution in [3.05, 3.63) is 42.3 Å². The van der Waals surface area contributed by atoms with Crippen molar-refractivity contribution in [3.63, 3.8) is 0 Å². The number of hydrogen-bond donors (Lipinski definition) is 0. The van der Waals surface area contributed by atoms with Crippen LogP contribution in [0.4, 0.5) is 4.39 Å². The maximum atomic E-state index is 13.1. The molecule has 1 aromatic carbocycles. The number of benzene rings is 1. The molecule has 0 saturated heterocycles. The molecule has 0 bridgehead atoms. The van der Waals surface area contributed by atoms with Crippen LogP contribution in [-0.4, -0.2) is 0 Å². The van der Waals surface area contributed by atoms with Gasteiger partial charge in [0.1, 0.15) is 6.17 Å². The van der Waals surface area contributed by atoms with Gasteiger partial charge in [0.15, 0.2) is 0 Å². The fraction of sp³-hybridized carbons (Fsp3) is 0.300. The van der Waals surface area contributed by atoms with Crippen LogP contribution in [0.3, 0.4) is 0 Å². The molecule has 0 aliphatic rings. The van der Waals surface area contributed by atoms with Crippen LogP contribution in [0.25, 0.3) is 0 Å². The predicted octanol–water partition coefficient (Wildman–Crippen LogP) is 3.31. The zero-order chi connectivity index (χ0) is 8.10. The van der Waals surface area contributed by atoms with E-state index in [0.29, 0.717) is 6.42 Å². The van der Waals surface area contributed by atoms with Gasteiger partial charge in [-0.25, -0.2) is 4.39 Å². The highest BCUT2D eigenvalue weighted by molar-refractivity contribution is 5.17. The van der Waals surface area contributed by atoms with Gasteiger partial charge in [-0.1, -0.05) is 37.3 Å². The summed E-state index contributed by atoms with van der Waals surface area (Å²) in [7, 11) is 0. The third-order valence-electron chi connectivity index (χ3n) is 1.60. The summed E-state index contributed by atoms with van der Waals surface area (Å²) in [5.74, 6) is 0. The second kappa shape index (κ2) is 4.12. The summed E-state index contributed by atoms with van der Waals surface area (Å²) >= 11 is 0. The van der Waals surface area contributed by atoms with E-state index in [1.807, 2.05) is 43.7 Å². The molecule has 1 atom stereocenters. The first-order chi connectivity index (χ1) is 5.34. The lowest BCUT2D eigenvalue weighted by molar-refractivity contribution is 0.340. The van der Waals surface area contributed by atoms with E-state index in [9.17, 15) is 4.39 Å². The molecule has 0 aliphatic heterocycles. The lowest BCUT2D eigenvalue weighted by Crippen LogP contribution is -1.89. The second-order valence-corrected chi connectivity index (χ2v) is 2.52. The van der Waals surface area contributed by atoms with Gasteiger partial charge in [-0.3, -0.25) is 0 Å². The minimum atomic E-state index is -0.832. The molecule has 1 radical (unpaired) electrons. The molecule has 0 heterocycles. The highest BCUT2D eigenvalue weighted by Crippen LogP contribution is 2.21. The highest BCUT2D eigenvalue weighted by Gasteiger charge is 2.05. The maximum Gasteiger partial charge on any atom is 0.125 e. The average Bonchev–Trinajstić information content (AvgIpc) is 2.07. The Balaban J connectivity index is 2.61. The molecule has 0 spiro atoms. The van der Waals surface area contributed by atoms with Gasteiger partial charge in [0.2, 0.25) is 0 Å². The summed E-state index contributed by atoms with van der Waals surface area (Å²) in [5, 5.41) is 0. The molecule has 1 aromatic rings. The molecule has 0 saturated carbocycles. The molecule has 1 unspecified atom stereocenters. The monoisotopic (exact) mass is 151 g/mol. The average molecular weight is 151 g/mol. The summed E-state index contributed by atoms with van der Waals surface area (Å²) < 4.78 is 13.1. The number of alkyl halides is 1. The van der Waals surface area contributed by atoms with Crippen LogP contribution >= 0.6 is 0 Å². The fourth-order valence-electron chi connectivity index (χ4n) is 1.00. The van der Waals surface area contributed by atoms with Crippen LogP contribution in [0, 0.1) is 6.42 Å². The van der Waals surface area contributed by atoms with Crippen molar-refractivity contribution in [3.8, 4) is 0 Å². The predicted molar refractivity (Wildman–Crippen MR) is 44.9 cm³/mol. The van der Waals surface area contributed by atoms with Crippen LogP contribution in [0.2, 0.25) is 0 Å². The molecule has 1 heteroatoms. The third kappa shape index (κ3) is 2.34. The van der Waals surface area contributed by atoms with Crippen molar-refractivity contribution >= 4 is 0 Å². The minimum Gasteiger partial charge on any atom is -0.242 e. The van der Waals surface area contributed by atoms with Crippen LogP contribution in [0.15, 0.2) is 30.3 Å². The van der Waals surface area contributed by atoms with Gasteiger partial charge < -0.3 is 0 Å². The third-order valence-corrected chi connectivity index (χ3v) is 1.60. The molecule has 0 aromatic heterocycles. The van der Waals surface area contributed by atoms with Gasteiger partial charge in [-0.15, -0.1) is 0 Å². The van der Waals surface area contributed by atoms with Crippen molar-refractivity contribution in [2.45, 2.75) is 19.5 Å². The van der Waals surface area contributed by atoms with E-state index in [1.165, 1.54) is 0 Å². The molecule has 0 amide bonds. The van der Waals surface area contributed by atoms with Gasteiger partial charge in [0.05, 0.1) is 0 Å². The van der Waals surface area contributed by atoms with Crippen molar-refractivity contribution < 1.29 is 4.39 Å². The van der Waals surface area contributed by atoms with E-state index < -0.39 is 6.17 Å². The maximum absolute atomic E-state index is 13.1. The first kappa shape index (κ1) is 8.25. The van der Waals surface area contributed by atoms with Crippen LogP contribution in [-0.2, 0) is 0 Å². The zero-order valence-corrected chi connectivity index (χ0v) is 6.63. The lowest BCUT2D eigenvalue weighted by Gasteiger charge is -2.04. The SMILES string of the molecule is C[CH]CC(F)c1ccccc1. The van der Waals surface area contributed by atoms with Gasteiger partial charge in [-0.05, 0) is 18.4 Å². The van der Waals surface area contributed by atoms with E-state index in [4.69, 9.17) is 0 Å². The summed E-state index contributed by atoms with van der Waals surface area (Å²) in [5.41, 5.74) is 0.769. The fourth-order valence-corrected chi connectivity index (χ4v) is 1.00. The Hall–Kier alpha value is -0.850. The summed E-state index contributed by atoms with van der Waals surface area (Å²) in [6, 6.07) is 9.24. The van der Waals surface area contributed by atoms with Gasteiger partial charge in [0.25, 0.3) is 0 Å². The van der Waals surface area contributed by atoms with Crippen LogP contribution in [0.5, 0.6) is 0 Å². The molecule has 0 fully saturated rings.